The molecule has 25 heavy (non-hydrogen) atoms. The molecule has 0 saturated carbocycles. The van der Waals surface area contributed by atoms with Crippen LogP contribution in [0.5, 0.6) is 5.75 Å². The fourth-order valence-corrected chi connectivity index (χ4v) is 3.03. The van der Waals surface area contributed by atoms with E-state index in [1.165, 1.54) is 16.9 Å². The molecular weight excluding hydrogens is 334 g/mol. The highest BCUT2D eigenvalue weighted by Crippen LogP contribution is 2.24. The Morgan fingerprint density at radius 1 is 1.12 bits per heavy atom. The topological polar surface area (TPSA) is 48.4 Å². The van der Waals surface area contributed by atoms with Crippen LogP contribution in [-0.2, 0) is 16.1 Å². The quantitative estimate of drug-likeness (QED) is 0.606. The van der Waals surface area contributed by atoms with Gasteiger partial charge in [-0.25, -0.2) is 9.78 Å². The normalized spacial score (nSPS) is 11.8. The second kappa shape index (κ2) is 7.94. The Bertz CT molecular complexity index is 828. The number of para-hydroxylation sites is 1. The lowest BCUT2D eigenvalue weighted by Gasteiger charge is -2.13. The van der Waals surface area contributed by atoms with Crippen molar-refractivity contribution in [3.63, 3.8) is 0 Å². The van der Waals surface area contributed by atoms with Gasteiger partial charge in [0.05, 0.1) is 5.69 Å². The van der Waals surface area contributed by atoms with E-state index in [1.54, 1.807) is 19.1 Å². The molecule has 2 aromatic carbocycles. The number of hydrogen-bond donors (Lipinski definition) is 0. The summed E-state index contributed by atoms with van der Waals surface area (Å²) in [5.74, 6) is 0.232. The Morgan fingerprint density at radius 2 is 1.84 bits per heavy atom. The molecule has 0 fully saturated rings. The Balaban J connectivity index is 1.54. The van der Waals surface area contributed by atoms with Crippen LogP contribution in [0, 0.1) is 6.92 Å². The summed E-state index contributed by atoms with van der Waals surface area (Å²) in [5, 5.41) is 2.82. The minimum Gasteiger partial charge on any atom is -0.479 e. The summed E-state index contributed by atoms with van der Waals surface area (Å²) in [7, 11) is 0. The first-order valence-electron chi connectivity index (χ1n) is 8.01. The lowest BCUT2D eigenvalue weighted by Crippen LogP contribution is -2.26. The molecule has 0 radical (unpaired) electrons. The molecule has 1 heterocycles. The summed E-state index contributed by atoms with van der Waals surface area (Å²) in [5.41, 5.74) is 3.01. The third kappa shape index (κ3) is 4.67. The van der Waals surface area contributed by atoms with Gasteiger partial charge in [-0.3, -0.25) is 0 Å². The molecule has 3 rings (SSSR count). The molecule has 0 aliphatic carbocycles. The number of thiazole rings is 1. The molecule has 1 atom stereocenters. The zero-order chi connectivity index (χ0) is 17.6. The molecule has 128 valence electrons. The molecule has 1 unspecified atom stereocenters. The third-order valence-electron chi connectivity index (χ3n) is 3.60. The summed E-state index contributed by atoms with van der Waals surface area (Å²) in [6.45, 7) is 3.87. The average molecular weight is 353 g/mol. The lowest BCUT2D eigenvalue weighted by atomic mass is 10.2. The number of ether oxygens (including phenoxy) is 2. The maximum absolute atomic E-state index is 12.1. The Hall–Kier alpha value is -2.66. The van der Waals surface area contributed by atoms with Crippen LogP contribution < -0.4 is 4.74 Å². The van der Waals surface area contributed by atoms with Crippen LogP contribution in [0.15, 0.2) is 60.0 Å². The fourth-order valence-electron chi connectivity index (χ4n) is 2.22. The highest BCUT2D eigenvalue weighted by atomic mass is 32.1. The van der Waals surface area contributed by atoms with Crippen molar-refractivity contribution < 1.29 is 14.3 Å². The van der Waals surface area contributed by atoms with Crippen molar-refractivity contribution in [1.82, 2.24) is 4.98 Å². The van der Waals surface area contributed by atoms with Crippen molar-refractivity contribution >= 4 is 17.3 Å². The van der Waals surface area contributed by atoms with E-state index >= 15 is 0 Å². The zero-order valence-corrected chi connectivity index (χ0v) is 15.0. The van der Waals surface area contributed by atoms with Crippen LogP contribution in [0.4, 0.5) is 0 Å². The van der Waals surface area contributed by atoms with Gasteiger partial charge in [-0.05, 0) is 26.0 Å². The minimum absolute atomic E-state index is 0.143. The predicted molar refractivity (Wildman–Crippen MR) is 98.6 cm³/mol. The van der Waals surface area contributed by atoms with Crippen LogP contribution in [0.3, 0.4) is 0 Å². The smallest absolute Gasteiger partial charge is 0.347 e. The summed E-state index contributed by atoms with van der Waals surface area (Å²) >= 11 is 1.54. The number of carbonyl (C=O) groups is 1. The molecule has 0 amide bonds. The van der Waals surface area contributed by atoms with Crippen LogP contribution >= 0.6 is 11.3 Å². The number of rotatable bonds is 6. The van der Waals surface area contributed by atoms with Gasteiger partial charge in [-0.2, -0.15) is 0 Å². The molecule has 0 spiro atoms. The number of aromatic nitrogens is 1. The van der Waals surface area contributed by atoms with Crippen molar-refractivity contribution in [2.45, 2.75) is 26.6 Å². The first-order valence-corrected chi connectivity index (χ1v) is 8.89. The number of aryl methyl sites for hydroxylation is 1. The maximum Gasteiger partial charge on any atom is 0.347 e. The van der Waals surface area contributed by atoms with Crippen LogP contribution in [0.25, 0.3) is 10.6 Å². The second-order valence-corrected chi connectivity index (χ2v) is 6.55. The molecule has 0 saturated heterocycles. The number of hydrogen-bond acceptors (Lipinski definition) is 5. The maximum atomic E-state index is 12.1. The SMILES string of the molecule is Cc1ccc(-c2nc(COC(=O)C(C)Oc3ccccc3)cs2)cc1. The molecule has 4 nitrogen and oxygen atoms in total. The van der Waals surface area contributed by atoms with E-state index in [2.05, 4.69) is 24.0 Å². The summed E-state index contributed by atoms with van der Waals surface area (Å²) in [6.07, 6.45) is -0.669. The molecule has 5 heteroatoms. The van der Waals surface area contributed by atoms with Crippen molar-refractivity contribution in [2.24, 2.45) is 0 Å². The number of benzene rings is 2. The molecule has 0 bridgehead atoms. The largest absolute Gasteiger partial charge is 0.479 e. The van der Waals surface area contributed by atoms with Gasteiger partial charge in [-0.1, -0.05) is 48.0 Å². The minimum atomic E-state index is -0.669. The first-order chi connectivity index (χ1) is 12.1. The van der Waals surface area contributed by atoms with Crippen LogP contribution in [0.1, 0.15) is 18.2 Å². The van der Waals surface area contributed by atoms with Gasteiger partial charge in [0.1, 0.15) is 17.4 Å². The summed E-state index contributed by atoms with van der Waals surface area (Å²) in [6, 6.07) is 17.4. The average Bonchev–Trinajstić information content (AvgIpc) is 3.10. The molecule has 1 aromatic heterocycles. The monoisotopic (exact) mass is 353 g/mol. The zero-order valence-electron chi connectivity index (χ0n) is 14.1. The fraction of sp³-hybridized carbons (Fsp3) is 0.200. The molecule has 0 aliphatic rings. The molecular formula is C20H19NO3S. The van der Waals surface area contributed by atoms with E-state index < -0.39 is 12.1 Å². The molecule has 3 aromatic rings. The third-order valence-corrected chi connectivity index (χ3v) is 4.54. The van der Waals surface area contributed by atoms with Gasteiger partial charge in [0.2, 0.25) is 0 Å². The molecule has 0 N–H and O–H groups in total. The van der Waals surface area contributed by atoms with E-state index in [4.69, 9.17) is 9.47 Å². The number of carbonyl (C=O) groups excluding carboxylic acids is 1. The van der Waals surface area contributed by atoms with E-state index in [1.807, 2.05) is 35.7 Å². The van der Waals surface area contributed by atoms with Gasteiger partial charge in [-0.15, -0.1) is 11.3 Å². The van der Waals surface area contributed by atoms with E-state index in [9.17, 15) is 4.79 Å². The predicted octanol–water partition coefficient (Wildman–Crippen LogP) is 4.63. The lowest BCUT2D eigenvalue weighted by molar-refractivity contribution is -0.152. The Kier molecular flexibility index (Phi) is 5.46. The van der Waals surface area contributed by atoms with Crippen LogP contribution in [0.2, 0.25) is 0 Å². The Morgan fingerprint density at radius 3 is 2.56 bits per heavy atom. The van der Waals surface area contributed by atoms with E-state index in [-0.39, 0.29) is 6.61 Å². The van der Waals surface area contributed by atoms with Gasteiger partial charge < -0.3 is 9.47 Å². The van der Waals surface area contributed by atoms with Gasteiger partial charge in [0.15, 0.2) is 6.10 Å². The van der Waals surface area contributed by atoms with Crippen molar-refractivity contribution in [1.29, 1.82) is 0 Å². The standard InChI is InChI=1S/C20H19NO3S/c1-14-8-10-16(11-9-14)19-21-17(13-25-19)12-23-20(22)15(2)24-18-6-4-3-5-7-18/h3-11,13,15H,12H2,1-2H3. The highest BCUT2D eigenvalue weighted by molar-refractivity contribution is 7.13. The first kappa shape index (κ1) is 17.2. The second-order valence-electron chi connectivity index (χ2n) is 5.69. The van der Waals surface area contributed by atoms with Crippen molar-refractivity contribution in [3.8, 4) is 16.3 Å². The van der Waals surface area contributed by atoms with Gasteiger partial charge >= 0.3 is 5.97 Å². The van der Waals surface area contributed by atoms with Gasteiger partial charge in [0.25, 0.3) is 0 Å². The highest BCUT2D eigenvalue weighted by Gasteiger charge is 2.17. The molecule has 0 aliphatic heterocycles. The van der Waals surface area contributed by atoms with Gasteiger partial charge in [0, 0.05) is 10.9 Å². The number of nitrogens with zero attached hydrogens (tertiary/aromatic N) is 1. The summed E-state index contributed by atoms with van der Waals surface area (Å²) < 4.78 is 10.9. The van der Waals surface area contributed by atoms with E-state index in [0.717, 1.165) is 16.3 Å². The van der Waals surface area contributed by atoms with Crippen molar-refractivity contribution in [2.75, 3.05) is 0 Å². The summed E-state index contributed by atoms with van der Waals surface area (Å²) in [4.78, 5) is 16.6. The van der Waals surface area contributed by atoms with Crippen molar-refractivity contribution in [3.05, 3.63) is 71.2 Å². The van der Waals surface area contributed by atoms with E-state index in [0.29, 0.717) is 5.75 Å². The Labute approximate surface area is 151 Å². The number of esters is 1. The van der Waals surface area contributed by atoms with Crippen LogP contribution in [-0.4, -0.2) is 17.1 Å².